The summed E-state index contributed by atoms with van der Waals surface area (Å²) < 4.78 is 32.9. The lowest BCUT2D eigenvalue weighted by Gasteiger charge is -2.14. The molecule has 0 spiro atoms. The van der Waals surface area contributed by atoms with Gasteiger partial charge in [-0.3, -0.25) is 4.79 Å². The van der Waals surface area contributed by atoms with Crippen molar-refractivity contribution in [3.05, 3.63) is 89.8 Å². The number of carbonyl (C=O) groups excluding carboxylic acids is 1. The number of carbonyl (C=O) groups is 1. The van der Waals surface area contributed by atoms with Crippen LogP contribution in [0.1, 0.15) is 28.6 Å². The summed E-state index contributed by atoms with van der Waals surface area (Å²) in [5.41, 5.74) is 4.63. The molecule has 1 aromatic heterocycles. The van der Waals surface area contributed by atoms with Crippen molar-refractivity contribution >= 4 is 77.5 Å². The van der Waals surface area contributed by atoms with Crippen molar-refractivity contribution in [1.29, 1.82) is 0 Å². The van der Waals surface area contributed by atoms with E-state index >= 15 is 0 Å². The molecule has 0 aliphatic heterocycles. The first-order chi connectivity index (χ1) is 16.8. The minimum Gasteiger partial charge on any atom is -0.490 e. The van der Waals surface area contributed by atoms with Crippen molar-refractivity contribution in [2.45, 2.75) is 13.5 Å². The molecule has 3 aromatic carbocycles. The van der Waals surface area contributed by atoms with Gasteiger partial charge in [-0.15, -0.1) is 0 Å². The first kappa shape index (κ1) is 25.6. The van der Waals surface area contributed by atoms with Gasteiger partial charge in [-0.25, -0.2) is 9.82 Å². The summed E-state index contributed by atoms with van der Waals surface area (Å²) in [5, 5.41) is 4.87. The number of halogens is 4. The van der Waals surface area contributed by atoms with Crippen molar-refractivity contribution in [2.75, 3.05) is 6.61 Å². The Kier molecular flexibility index (Phi) is 8.45. The van der Waals surface area contributed by atoms with Gasteiger partial charge in [-0.1, -0.05) is 28.1 Å². The molecule has 180 valence electrons. The minimum atomic E-state index is -0.465. The number of nitrogens with zero attached hydrogens (tertiary/aromatic N) is 1. The summed E-state index contributed by atoms with van der Waals surface area (Å²) in [7, 11) is 0. The third-order valence-electron chi connectivity index (χ3n) is 4.77. The Balaban J connectivity index is 1.47. The molecule has 0 atom stereocenters. The molecule has 4 rings (SSSR count). The van der Waals surface area contributed by atoms with E-state index in [0.29, 0.717) is 33.7 Å². The van der Waals surface area contributed by atoms with E-state index in [1.807, 2.05) is 19.1 Å². The van der Waals surface area contributed by atoms with E-state index in [2.05, 4.69) is 65.0 Å². The van der Waals surface area contributed by atoms with E-state index in [1.54, 1.807) is 30.3 Å². The van der Waals surface area contributed by atoms with Crippen molar-refractivity contribution in [2.24, 2.45) is 5.10 Å². The summed E-state index contributed by atoms with van der Waals surface area (Å²) in [6.07, 6.45) is 1.50. The van der Waals surface area contributed by atoms with Crippen LogP contribution in [0.3, 0.4) is 0 Å². The van der Waals surface area contributed by atoms with E-state index in [0.717, 1.165) is 19.0 Å². The van der Waals surface area contributed by atoms with Crippen LogP contribution >= 0.6 is 54.5 Å². The molecule has 10 heteroatoms. The van der Waals surface area contributed by atoms with Gasteiger partial charge in [0.2, 0.25) is 0 Å². The highest BCUT2D eigenvalue weighted by Crippen LogP contribution is 2.37. The average Bonchev–Trinajstić information content (AvgIpc) is 3.24. The van der Waals surface area contributed by atoms with Gasteiger partial charge < -0.3 is 13.9 Å². The number of ether oxygens (including phenoxy) is 2. The maximum atomic E-state index is 13.1. The number of hydrogen-bond donors (Lipinski definition) is 1. The summed E-state index contributed by atoms with van der Waals surface area (Å²) in [5.74, 6) is 0.417. The van der Waals surface area contributed by atoms with E-state index < -0.39 is 5.91 Å². The number of hydrazone groups is 1. The molecule has 1 amide bonds. The Morgan fingerprint density at radius 1 is 1.14 bits per heavy atom. The summed E-state index contributed by atoms with van der Waals surface area (Å²) in [6.45, 7) is 2.54. The van der Waals surface area contributed by atoms with Gasteiger partial charge in [0.25, 0.3) is 0 Å². The standard InChI is InChI=1S/C25H18Br2FIN2O4/c1-2-33-21-8-15(7-19(27)24(21)34-13-14-3-5-18(28)6-4-14)12-30-31-25(32)22-10-16-9-17(26)11-20(29)23(16)35-22/h3-12H,2,13H2,1H3,(H,31,32)/b30-12-. The largest absolute Gasteiger partial charge is 0.490 e. The number of amides is 1. The molecule has 0 unspecified atom stereocenters. The maximum Gasteiger partial charge on any atom is 0.307 e. The van der Waals surface area contributed by atoms with Crippen LogP contribution in [0.25, 0.3) is 11.0 Å². The Labute approximate surface area is 231 Å². The zero-order valence-electron chi connectivity index (χ0n) is 18.3. The first-order valence-corrected chi connectivity index (χ1v) is 13.1. The smallest absolute Gasteiger partial charge is 0.307 e. The number of nitrogens with one attached hydrogen (secondary N) is 1. The van der Waals surface area contributed by atoms with Crippen LogP contribution in [0.15, 0.2) is 73.1 Å². The molecule has 1 heterocycles. The second-order valence-corrected chi connectivity index (χ2v) is 10.2. The van der Waals surface area contributed by atoms with Gasteiger partial charge in [-0.05, 0) is 99.0 Å². The zero-order valence-corrected chi connectivity index (χ0v) is 23.6. The Bertz CT molecular complexity index is 1410. The summed E-state index contributed by atoms with van der Waals surface area (Å²) in [4.78, 5) is 12.5. The van der Waals surface area contributed by atoms with Crippen LogP contribution in [0.2, 0.25) is 0 Å². The number of benzene rings is 3. The number of hydrogen-bond acceptors (Lipinski definition) is 5. The Hall–Kier alpha value is -2.44. The summed E-state index contributed by atoms with van der Waals surface area (Å²) in [6, 6.07) is 15.1. The predicted molar refractivity (Wildman–Crippen MR) is 148 cm³/mol. The molecule has 35 heavy (non-hydrogen) atoms. The van der Waals surface area contributed by atoms with E-state index in [1.165, 1.54) is 18.3 Å². The van der Waals surface area contributed by atoms with E-state index in [-0.39, 0.29) is 18.2 Å². The number of furan rings is 1. The predicted octanol–water partition coefficient (Wildman–Crippen LogP) is 7.44. The SMILES string of the molecule is CCOc1cc(/C=N\NC(=O)c2cc3cc(Br)cc(I)c3o2)cc(Br)c1OCc1ccc(F)cc1. The van der Waals surface area contributed by atoms with Crippen LogP contribution in [0.5, 0.6) is 11.5 Å². The molecule has 0 saturated carbocycles. The fourth-order valence-electron chi connectivity index (χ4n) is 3.21. The lowest BCUT2D eigenvalue weighted by Crippen LogP contribution is -2.16. The van der Waals surface area contributed by atoms with Crippen molar-refractivity contribution in [3.63, 3.8) is 0 Å². The van der Waals surface area contributed by atoms with Gasteiger partial charge >= 0.3 is 5.91 Å². The van der Waals surface area contributed by atoms with E-state index in [4.69, 9.17) is 13.9 Å². The highest BCUT2D eigenvalue weighted by molar-refractivity contribution is 14.1. The monoisotopic (exact) mass is 714 g/mol. The molecule has 0 aliphatic carbocycles. The first-order valence-electron chi connectivity index (χ1n) is 10.4. The molecule has 0 bridgehead atoms. The zero-order chi connectivity index (χ0) is 24.9. The minimum absolute atomic E-state index is 0.161. The van der Waals surface area contributed by atoms with Crippen molar-refractivity contribution in [3.8, 4) is 11.5 Å². The quantitative estimate of drug-likeness (QED) is 0.117. The van der Waals surface area contributed by atoms with Gasteiger partial charge in [0.05, 0.1) is 20.9 Å². The Morgan fingerprint density at radius 2 is 1.91 bits per heavy atom. The van der Waals surface area contributed by atoms with Crippen LogP contribution in [0, 0.1) is 9.39 Å². The van der Waals surface area contributed by atoms with Crippen LogP contribution < -0.4 is 14.9 Å². The van der Waals surface area contributed by atoms with Crippen LogP contribution in [-0.2, 0) is 6.61 Å². The maximum absolute atomic E-state index is 13.1. The van der Waals surface area contributed by atoms with Crippen LogP contribution in [0.4, 0.5) is 4.39 Å². The van der Waals surface area contributed by atoms with Crippen LogP contribution in [-0.4, -0.2) is 18.7 Å². The van der Waals surface area contributed by atoms with E-state index in [9.17, 15) is 9.18 Å². The second kappa shape index (κ2) is 11.5. The number of rotatable bonds is 8. The fourth-order valence-corrected chi connectivity index (χ4v) is 5.44. The highest BCUT2D eigenvalue weighted by atomic mass is 127. The van der Waals surface area contributed by atoms with Gasteiger partial charge in [0.1, 0.15) is 18.0 Å². The Morgan fingerprint density at radius 3 is 2.66 bits per heavy atom. The molecule has 0 fully saturated rings. The molecule has 6 nitrogen and oxygen atoms in total. The molecule has 4 aromatic rings. The van der Waals surface area contributed by atoms with Crippen molar-refractivity contribution < 1.29 is 23.1 Å². The molecule has 0 saturated heterocycles. The fraction of sp³-hybridized carbons (Fsp3) is 0.120. The average molecular weight is 716 g/mol. The lowest BCUT2D eigenvalue weighted by molar-refractivity contribution is 0.0929. The van der Waals surface area contributed by atoms with Gasteiger partial charge in [-0.2, -0.15) is 5.10 Å². The highest BCUT2D eigenvalue weighted by Gasteiger charge is 2.15. The summed E-state index contributed by atoms with van der Waals surface area (Å²) >= 11 is 9.11. The molecular formula is C25H18Br2FIN2O4. The second-order valence-electron chi connectivity index (χ2n) is 7.29. The third-order valence-corrected chi connectivity index (χ3v) is 6.62. The molecular weight excluding hydrogens is 698 g/mol. The van der Waals surface area contributed by atoms with Gasteiger partial charge in [0.15, 0.2) is 17.3 Å². The molecule has 0 aliphatic rings. The third kappa shape index (κ3) is 6.42. The number of fused-ring (bicyclic) bond motifs is 1. The molecule has 1 N–H and O–H groups in total. The van der Waals surface area contributed by atoms with Crippen molar-refractivity contribution in [1.82, 2.24) is 5.43 Å². The molecule has 0 radical (unpaired) electrons. The van der Waals surface area contributed by atoms with Gasteiger partial charge in [0, 0.05) is 9.86 Å². The topological polar surface area (TPSA) is 73.1 Å². The normalized spacial score (nSPS) is 11.2. The lowest BCUT2D eigenvalue weighted by atomic mass is 10.2.